The van der Waals surface area contributed by atoms with E-state index < -0.39 is 0 Å². The molecular weight excluding hydrogens is 158 g/mol. The van der Waals surface area contributed by atoms with Crippen LogP contribution in [0.3, 0.4) is 0 Å². The van der Waals surface area contributed by atoms with E-state index in [4.69, 9.17) is 5.21 Å². The van der Waals surface area contributed by atoms with Gasteiger partial charge < -0.3 is 5.11 Å². The summed E-state index contributed by atoms with van der Waals surface area (Å²) >= 11 is 0. The van der Waals surface area contributed by atoms with Gasteiger partial charge in [0.15, 0.2) is 0 Å². The Hall–Kier alpha value is -1.58. The molecule has 12 heavy (non-hydrogen) atoms. The number of nitrogens with zero attached hydrogens (tertiary/aromatic N) is 1. The van der Waals surface area contributed by atoms with Gasteiger partial charge in [0.2, 0.25) is 0 Å². The Labute approximate surface area is 69.6 Å². The van der Waals surface area contributed by atoms with E-state index in [9.17, 15) is 10.0 Å². The Morgan fingerprint density at radius 3 is 2.42 bits per heavy atom. The van der Waals surface area contributed by atoms with Crippen molar-refractivity contribution >= 4 is 5.69 Å². The summed E-state index contributed by atoms with van der Waals surface area (Å²) in [6, 6.07) is 3.02. The molecule has 1 aromatic rings. The fourth-order valence-electron chi connectivity index (χ4n) is 1.03. The Morgan fingerprint density at radius 1 is 1.33 bits per heavy atom. The molecule has 1 aromatic carbocycles. The summed E-state index contributed by atoms with van der Waals surface area (Å²) in [6.07, 6.45) is 0. The van der Waals surface area contributed by atoms with Crippen LogP contribution < -0.4 is 0 Å². The average Bonchev–Trinajstić information content (AvgIpc) is 2.00. The molecule has 0 heterocycles. The number of aryl methyl sites for hydroxylation is 1. The summed E-state index contributed by atoms with van der Waals surface area (Å²) in [4.78, 5) is 10.2. The first kappa shape index (κ1) is 8.52. The lowest BCUT2D eigenvalue weighted by molar-refractivity contribution is -0.730. The van der Waals surface area contributed by atoms with Crippen molar-refractivity contribution in [3.63, 3.8) is 0 Å². The topological polar surface area (TPSA) is 60.5 Å². The first-order chi connectivity index (χ1) is 5.54. The van der Waals surface area contributed by atoms with E-state index in [0.717, 1.165) is 0 Å². The average molecular weight is 168 g/mol. The molecule has 0 radical (unpaired) electrons. The molecule has 0 fully saturated rings. The molecule has 2 N–H and O–H groups in total. The monoisotopic (exact) mass is 168 g/mol. The van der Waals surface area contributed by atoms with Crippen molar-refractivity contribution in [2.75, 3.05) is 0 Å². The Kier molecular flexibility index (Phi) is 1.99. The van der Waals surface area contributed by atoms with Gasteiger partial charge in [0.05, 0.1) is 10.5 Å². The summed E-state index contributed by atoms with van der Waals surface area (Å²) in [5.74, 6) is 0.0439. The summed E-state index contributed by atoms with van der Waals surface area (Å²) in [7, 11) is 0. The zero-order chi connectivity index (χ0) is 9.30. The third-order valence-corrected chi connectivity index (χ3v) is 1.81. The zero-order valence-electron chi connectivity index (χ0n) is 6.90. The highest BCUT2D eigenvalue weighted by Gasteiger charge is 2.18. The molecule has 0 amide bonds. The number of hydrogen-bond acceptors (Lipinski definition) is 2. The zero-order valence-corrected chi connectivity index (χ0v) is 6.90. The normalized spacial score (nSPS) is 9.83. The number of phenolic OH excluding ortho intramolecular Hbond substituents is 1. The van der Waals surface area contributed by atoms with Crippen molar-refractivity contribution in [3.8, 4) is 5.75 Å². The highest BCUT2D eigenvalue weighted by Crippen LogP contribution is 2.28. The van der Waals surface area contributed by atoms with Crippen molar-refractivity contribution in [2.24, 2.45) is 0 Å². The second-order valence-electron chi connectivity index (χ2n) is 2.65. The van der Waals surface area contributed by atoms with Crippen LogP contribution in [0.2, 0.25) is 0 Å². The van der Waals surface area contributed by atoms with Crippen LogP contribution in [0.25, 0.3) is 0 Å². The van der Waals surface area contributed by atoms with Crippen molar-refractivity contribution in [1.82, 2.24) is 0 Å². The van der Waals surface area contributed by atoms with Gasteiger partial charge in [-0.2, -0.15) is 0 Å². The largest absolute Gasteiger partial charge is 0.507 e. The highest BCUT2D eigenvalue weighted by atomic mass is 16.6. The first-order valence-corrected chi connectivity index (χ1v) is 3.49. The van der Waals surface area contributed by atoms with Crippen molar-refractivity contribution < 1.29 is 15.2 Å². The van der Waals surface area contributed by atoms with E-state index in [0.29, 0.717) is 11.1 Å². The SMILES string of the molecule is Cc1ccc([N+](=O)O)c(C)c1O. The van der Waals surface area contributed by atoms with E-state index in [1.165, 1.54) is 6.07 Å². The van der Waals surface area contributed by atoms with Crippen LogP contribution in [0.15, 0.2) is 12.1 Å². The maximum atomic E-state index is 10.5. The van der Waals surface area contributed by atoms with E-state index in [2.05, 4.69) is 0 Å². The highest BCUT2D eigenvalue weighted by molar-refractivity contribution is 5.51. The van der Waals surface area contributed by atoms with Gasteiger partial charge in [-0.1, -0.05) is 0 Å². The Morgan fingerprint density at radius 2 is 1.92 bits per heavy atom. The van der Waals surface area contributed by atoms with Gasteiger partial charge in [-0.3, -0.25) is 0 Å². The molecular formula is C8H10NO3+. The summed E-state index contributed by atoms with van der Waals surface area (Å²) in [5, 5.41) is 17.9. The number of hydrogen-bond donors (Lipinski definition) is 2. The minimum absolute atomic E-state index is 0.0439. The second kappa shape index (κ2) is 2.81. The molecule has 0 aliphatic carbocycles. The fourth-order valence-corrected chi connectivity index (χ4v) is 1.03. The van der Waals surface area contributed by atoms with Gasteiger partial charge in [-0.05, 0) is 25.5 Å². The molecule has 4 nitrogen and oxygen atoms in total. The molecule has 0 bridgehead atoms. The van der Waals surface area contributed by atoms with Gasteiger partial charge in [-0.25, -0.2) is 5.21 Å². The summed E-state index contributed by atoms with van der Waals surface area (Å²) < 4.78 is 0. The molecule has 64 valence electrons. The van der Waals surface area contributed by atoms with Gasteiger partial charge >= 0.3 is 5.69 Å². The smallest absolute Gasteiger partial charge is 0.323 e. The molecule has 0 saturated heterocycles. The molecule has 0 saturated carbocycles. The molecule has 0 spiro atoms. The van der Waals surface area contributed by atoms with Gasteiger partial charge in [0.1, 0.15) is 5.75 Å². The number of rotatable bonds is 1. The lowest BCUT2D eigenvalue weighted by Crippen LogP contribution is -1.95. The van der Waals surface area contributed by atoms with Crippen molar-refractivity contribution in [3.05, 3.63) is 28.2 Å². The Balaban J connectivity index is 3.36. The molecule has 0 aliphatic rings. The van der Waals surface area contributed by atoms with E-state index in [1.807, 2.05) is 0 Å². The lowest BCUT2D eigenvalue weighted by Gasteiger charge is -1.99. The minimum atomic E-state index is -0.255. The van der Waals surface area contributed by atoms with Crippen LogP contribution in [-0.4, -0.2) is 15.2 Å². The standard InChI is InChI=1S/C8H9NO3/c1-5-3-4-7(9(11)12)6(2)8(5)10/h3-4H,1-2H3,(H-,10,11,12)/p+1. The van der Waals surface area contributed by atoms with Crippen LogP contribution in [0.4, 0.5) is 5.69 Å². The number of aromatic hydroxyl groups is 1. The number of benzene rings is 1. The predicted molar refractivity (Wildman–Crippen MR) is 42.7 cm³/mol. The lowest BCUT2D eigenvalue weighted by atomic mass is 10.1. The second-order valence-corrected chi connectivity index (χ2v) is 2.65. The van der Waals surface area contributed by atoms with E-state index in [-0.39, 0.29) is 16.4 Å². The van der Waals surface area contributed by atoms with Gasteiger partial charge in [0.25, 0.3) is 4.92 Å². The minimum Gasteiger partial charge on any atom is -0.507 e. The fraction of sp³-hybridized carbons (Fsp3) is 0.250. The van der Waals surface area contributed by atoms with Crippen LogP contribution in [-0.2, 0) is 0 Å². The summed E-state index contributed by atoms with van der Waals surface area (Å²) in [6.45, 7) is 3.29. The quantitative estimate of drug-likeness (QED) is 0.628. The van der Waals surface area contributed by atoms with Crippen LogP contribution in [0.5, 0.6) is 5.75 Å². The molecule has 0 unspecified atom stereocenters. The Bertz CT molecular complexity index is 333. The van der Waals surface area contributed by atoms with Gasteiger partial charge in [0, 0.05) is 6.07 Å². The van der Waals surface area contributed by atoms with E-state index in [1.54, 1.807) is 19.9 Å². The van der Waals surface area contributed by atoms with Crippen LogP contribution in [0, 0.1) is 18.8 Å². The third-order valence-electron chi connectivity index (χ3n) is 1.81. The first-order valence-electron chi connectivity index (χ1n) is 3.49. The molecule has 0 aromatic heterocycles. The molecule has 1 rings (SSSR count). The molecule has 4 heteroatoms. The molecule has 0 atom stereocenters. The van der Waals surface area contributed by atoms with Crippen LogP contribution in [0.1, 0.15) is 11.1 Å². The maximum absolute atomic E-state index is 10.5. The van der Waals surface area contributed by atoms with E-state index >= 15 is 0 Å². The predicted octanol–water partition coefficient (Wildman–Crippen LogP) is 1.81. The van der Waals surface area contributed by atoms with Crippen molar-refractivity contribution in [2.45, 2.75) is 13.8 Å². The van der Waals surface area contributed by atoms with Crippen molar-refractivity contribution in [1.29, 1.82) is 0 Å². The van der Waals surface area contributed by atoms with Crippen LogP contribution >= 0.6 is 0 Å². The molecule has 0 aliphatic heterocycles. The third kappa shape index (κ3) is 1.23. The summed E-state index contributed by atoms with van der Waals surface area (Å²) in [5.41, 5.74) is 1.13. The maximum Gasteiger partial charge on any atom is 0.323 e. The number of phenols is 1. The van der Waals surface area contributed by atoms with Gasteiger partial charge in [-0.15, -0.1) is 0 Å².